The van der Waals surface area contributed by atoms with Crippen LogP contribution in [0.3, 0.4) is 0 Å². The lowest BCUT2D eigenvalue weighted by atomic mass is 9.74. The predicted molar refractivity (Wildman–Crippen MR) is 86.7 cm³/mol. The fourth-order valence-electron chi connectivity index (χ4n) is 3.56. The second kappa shape index (κ2) is 5.06. The Hall–Kier alpha value is -1.60. The summed E-state index contributed by atoms with van der Waals surface area (Å²) in [4.78, 5) is 0. The van der Waals surface area contributed by atoms with Crippen molar-refractivity contribution in [1.82, 2.24) is 0 Å². The third-order valence-electron chi connectivity index (χ3n) is 4.24. The van der Waals surface area contributed by atoms with Gasteiger partial charge in [0.05, 0.1) is 0 Å². The molecule has 1 nitrogen and oxygen atoms in total. The number of benzene rings is 2. The molecule has 2 N–H and O–H groups in total. The highest BCUT2D eigenvalue weighted by Gasteiger charge is 2.26. The summed E-state index contributed by atoms with van der Waals surface area (Å²) in [6.07, 6.45) is 5.56. The van der Waals surface area contributed by atoms with E-state index in [2.05, 4.69) is 62.4 Å². The average Bonchev–Trinajstić information content (AvgIpc) is 2.37. The first-order valence-electron chi connectivity index (χ1n) is 7.45. The fraction of sp³-hybridized carbons (Fsp3) is 0.368. The van der Waals surface area contributed by atoms with Gasteiger partial charge in [0.25, 0.3) is 0 Å². The van der Waals surface area contributed by atoms with Crippen LogP contribution in [0.15, 0.2) is 54.1 Å². The van der Waals surface area contributed by atoms with E-state index in [0.29, 0.717) is 5.41 Å². The minimum Gasteiger partial charge on any atom is -0.324 e. The summed E-state index contributed by atoms with van der Waals surface area (Å²) in [7, 11) is 0. The highest BCUT2D eigenvalue weighted by Crippen LogP contribution is 2.36. The molecule has 2 aromatic carbocycles. The molecule has 1 unspecified atom stereocenters. The molecule has 1 atom stereocenters. The van der Waals surface area contributed by atoms with Gasteiger partial charge in [0.1, 0.15) is 0 Å². The Morgan fingerprint density at radius 1 is 1.10 bits per heavy atom. The van der Waals surface area contributed by atoms with Gasteiger partial charge < -0.3 is 5.73 Å². The van der Waals surface area contributed by atoms with Crippen LogP contribution >= 0.6 is 0 Å². The van der Waals surface area contributed by atoms with E-state index in [1.54, 1.807) is 0 Å². The highest BCUT2D eigenvalue weighted by molar-refractivity contribution is 5.85. The van der Waals surface area contributed by atoms with E-state index in [-0.39, 0.29) is 6.04 Å². The molecule has 1 aliphatic rings. The SMILES string of the molecule is CC1(C)CC(Cc2cccc3ccccc23)=CC(N)C1. The summed E-state index contributed by atoms with van der Waals surface area (Å²) >= 11 is 0. The van der Waals surface area contributed by atoms with E-state index in [1.807, 2.05) is 0 Å². The summed E-state index contributed by atoms with van der Waals surface area (Å²) in [5.41, 5.74) is 9.42. The lowest BCUT2D eigenvalue weighted by Crippen LogP contribution is -2.31. The predicted octanol–water partition coefficient (Wildman–Crippen LogP) is 4.46. The zero-order valence-electron chi connectivity index (χ0n) is 12.4. The van der Waals surface area contributed by atoms with Gasteiger partial charge in [-0.05, 0) is 41.0 Å². The Balaban J connectivity index is 1.94. The molecule has 0 heterocycles. The zero-order valence-corrected chi connectivity index (χ0v) is 12.4. The third-order valence-corrected chi connectivity index (χ3v) is 4.24. The van der Waals surface area contributed by atoms with E-state index in [4.69, 9.17) is 5.73 Å². The molecule has 1 heteroatoms. The smallest absolute Gasteiger partial charge is 0.0231 e. The van der Waals surface area contributed by atoms with Gasteiger partial charge in [0, 0.05) is 6.04 Å². The maximum absolute atomic E-state index is 6.19. The van der Waals surface area contributed by atoms with Gasteiger partial charge in [-0.25, -0.2) is 0 Å². The number of hydrogen-bond donors (Lipinski definition) is 1. The van der Waals surface area contributed by atoms with Crippen molar-refractivity contribution in [2.75, 3.05) is 0 Å². The Morgan fingerprint density at radius 3 is 2.65 bits per heavy atom. The van der Waals surface area contributed by atoms with Crippen molar-refractivity contribution in [2.45, 2.75) is 39.2 Å². The molecular formula is C19H23N. The molecule has 0 aromatic heterocycles. The van der Waals surface area contributed by atoms with Crippen molar-refractivity contribution in [3.63, 3.8) is 0 Å². The Labute approximate surface area is 121 Å². The van der Waals surface area contributed by atoms with E-state index in [9.17, 15) is 0 Å². The van der Waals surface area contributed by atoms with Crippen LogP contribution in [0.4, 0.5) is 0 Å². The molecule has 0 saturated carbocycles. The van der Waals surface area contributed by atoms with Crippen LogP contribution in [-0.2, 0) is 6.42 Å². The normalized spacial score (nSPS) is 21.8. The number of hydrogen-bond acceptors (Lipinski definition) is 1. The minimum atomic E-state index is 0.212. The Bertz CT molecular complexity index is 646. The molecule has 3 rings (SSSR count). The van der Waals surface area contributed by atoms with Crippen LogP contribution in [0.5, 0.6) is 0 Å². The zero-order chi connectivity index (χ0) is 14.2. The van der Waals surface area contributed by atoms with Crippen LogP contribution in [-0.4, -0.2) is 6.04 Å². The fourth-order valence-corrected chi connectivity index (χ4v) is 3.56. The number of fused-ring (bicyclic) bond motifs is 1. The first-order chi connectivity index (χ1) is 9.53. The highest BCUT2D eigenvalue weighted by atomic mass is 14.6. The first kappa shape index (κ1) is 13.4. The summed E-state index contributed by atoms with van der Waals surface area (Å²) < 4.78 is 0. The molecule has 0 spiro atoms. The Morgan fingerprint density at radius 2 is 1.85 bits per heavy atom. The molecule has 0 saturated heterocycles. The van der Waals surface area contributed by atoms with E-state index < -0.39 is 0 Å². The molecular weight excluding hydrogens is 242 g/mol. The maximum Gasteiger partial charge on any atom is 0.0231 e. The quantitative estimate of drug-likeness (QED) is 0.797. The molecule has 0 fully saturated rings. The lowest BCUT2D eigenvalue weighted by molar-refractivity contribution is 0.299. The lowest BCUT2D eigenvalue weighted by Gasteiger charge is -2.33. The van der Waals surface area contributed by atoms with Crippen LogP contribution in [0.2, 0.25) is 0 Å². The van der Waals surface area contributed by atoms with Crippen LogP contribution in [0, 0.1) is 5.41 Å². The van der Waals surface area contributed by atoms with Crippen LogP contribution < -0.4 is 5.73 Å². The van der Waals surface area contributed by atoms with Crippen molar-refractivity contribution in [3.05, 3.63) is 59.7 Å². The van der Waals surface area contributed by atoms with Gasteiger partial charge in [-0.15, -0.1) is 0 Å². The topological polar surface area (TPSA) is 26.0 Å². The van der Waals surface area contributed by atoms with Gasteiger partial charge in [0.2, 0.25) is 0 Å². The first-order valence-corrected chi connectivity index (χ1v) is 7.45. The third kappa shape index (κ3) is 2.78. The number of allylic oxidation sites excluding steroid dienone is 1. The molecule has 2 aromatic rings. The van der Waals surface area contributed by atoms with Crippen molar-refractivity contribution in [2.24, 2.45) is 11.1 Å². The summed E-state index contributed by atoms with van der Waals surface area (Å²) in [6, 6.07) is 15.4. The van der Waals surface area contributed by atoms with Crippen molar-refractivity contribution >= 4 is 10.8 Å². The summed E-state index contributed by atoms with van der Waals surface area (Å²) in [5.74, 6) is 0. The van der Waals surface area contributed by atoms with Gasteiger partial charge in [0.15, 0.2) is 0 Å². The van der Waals surface area contributed by atoms with Crippen molar-refractivity contribution in [3.8, 4) is 0 Å². The van der Waals surface area contributed by atoms with Crippen molar-refractivity contribution < 1.29 is 0 Å². The number of rotatable bonds is 2. The summed E-state index contributed by atoms with van der Waals surface area (Å²) in [6.45, 7) is 4.64. The Kier molecular flexibility index (Phi) is 3.39. The molecule has 104 valence electrons. The van der Waals surface area contributed by atoms with Crippen LogP contribution in [0.25, 0.3) is 10.8 Å². The number of nitrogens with two attached hydrogens (primary N) is 1. The van der Waals surface area contributed by atoms with Gasteiger partial charge in [-0.2, -0.15) is 0 Å². The van der Waals surface area contributed by atoms with E-state index in [0.717, 1.165) is 19.3 Å². The van der Waals surface area contributed by atoms with Gasteiger partial charge in [-0.3, -0.25) is 0 Å². The molecule has 0 radical (unpaired) electrons. The molecule has 0 aliphatic heterocycles. The van der Waals surface area contributed by atoms with Crippen LogP contribution in [0.1, 0.15) is 32.3 Å². The van der Waals surface area contributed by atoms with E-state index >= 15 is 0 Å². The summed E-state index contributed by atoms with van der Waals surface area (Å²) in [5, 5.41) is 2.69. The second-order valence-corrected chi connectivity index (χ2v) is 6.85. The largest absolute Gasteiger partial charge is 0.324 e. The monoisotopic (exact) mass is 265 g/mol. The molecule has 0 bridgehead atoms. The molecule has 20 heavy (non-hydrogen) atoms. The maximum atomic E-state index is 6.19. The average molecular weight is 265 g/mol. The van der Waals surface area contributed by atoms with Crippen molar-refractivity contribution in [1.29, 1.82) is 0 Å². The second-order valence-electron chi connectivity index (χ2n) is 6.85. The van der Waals surface area contributed by atoms with Gasteiger partial charge >= 0.3 is 0 Å². The van der Waals surface area contributed by atoms with Gasteiger partial charge in [-0.1, -0.05) is 68.0 Å². The molecule has 0 amide bonds. The standard InChI is InChI=1S/C19H23N/c1-19(2)12-14(11-17(20)13-19)10-16-8-5-7-15-6-3-4-9-18(15)16/h3-9,11,17H,10,12-13,20H2,1-2H3. The molecule has 1 aliphatic carbocycles. The van der Waals surface area contributed by atoms with E-state index in [1.165, 1.54) is 21.9 Å². The minimum absolute atomic E-state index is 0.212.